The van der Waals surface area contributed by atoms with Crippen LogP contribution in [-0.2, 0) is 6.42 Å². The summed E-state index contributed by atoms with van der Waals surface area (Å²) in [6.07, 6.45) is 12.8. The largest absolute Gasteiger partial charge is 0.115 e. The molecular formula is C16H18. The van der Waals surface area contributed by atoms with Gasteiger partial charge in [0.2, 0.25) is 0 Å². The zero-order valence-corrected chi connectivity index (χ0v) is 9.71. The van der Waals surface area contributed by atoms with Gasteiger partial charge in [0.15, 0.2) is 0 Å². The predicted molar refractivity (Wildman–Crippen MR) is 69.1 cm³/mol. The SMILES string of the molecule is C#CC1=C(Cc2ccccc2)CCCCC1. The van der Waals surface area contributed by atoms with Gasteiger partial charge in [0.05, 0.1) is 0 Å². The maximum absolute atomic E-state index is 5.61. The fourth-order valence-corrected chi connectivity index (χ4v) is 2.36. The fraction of sp³-hybridized carbons (Fsp3) is 0.375. The molecular weight excluding hydrogens is 192 g/mol. The van der Waals surface area contributed by atoms with Crippen LogP contribution < -0.4 is 0 Å². The van der Waals surface area contributed by atoms with Crippen LogP contribution in [0.15, 0.2) is 41.5 Å². The Balaban J connectivity index is 2.18. The monoisotopic (exact) mass is 210 g/mol. The molecule has 0 aromatic heterocycles. The van der Waals surface area contributed by atoms with E-state index < -0.39 is 0 Å². The van der Waals surface area contributed by atoms with E-state index in [1.807, 2.05) is 0 Å². The highest BCUT2D eigenvalue weighted by Gasteiger charge is 2.10. The summed E-state index contributed by atoms with van der Waals surface area (Å²) >= 11 is 0. The van der Waals surface area contributed by atoms with Gasteiger partial charge in [-0.05, 0) is 37.7 Å². The standard InChI is InChI=1S/C16H18/c1-2-15-11-7-4-8-12-16(15)13-14-9-5-3-6-10-14/h1,3,5-6,9-10H,4,7-8,11-13H2. The Hall–Kier alpha value is -1.48. The smallest absolute Gasteiger partial charge is 0.00130 e. The molecule has 1 aromatic carbocycles. The summed E-state index contributed by atoms with van der Waals surface area (Å²) in [5, 5.41) is 0. The summed E-state index contributed by atoms with van der Waals surface area (Å²) in [4.78, 5) is 0. The normalized spacial score (nSPS) is 16.7. The Morgan fingerprint density at radius 3 is 2.50 bits per heavy atom. The van der Waals surface area contributed by atoms with E-state index >= 15 is 0 Å². The first-order valence-corrected chi connectivity index (χ1v) is 6.11. The van der Waals surface area contributed by atoms with E-state index in [-0.39, 0.29) is 0 Å². The first kappa shape index (κ1) is 11.0. The Bertz CT molecular complexity index is 403. The summed E-state index contributed by atoms with van der Waals surface area (Å²) < 4.78 is 0. The van der Waals surface area contributed by atoms with Gasteiger partial charge < -0.3 is 0 Å². The van der Waals surface area contributed by atoms with Crippen molar-refractivity contribution in [3.63, 3.8) is 0 Å². The van der Waals surface area contributed by atoms with Crippen molar-refractivity contribution in [2.75, 3.05) is 0 Å². The minimum Gasteiger partial charge on any atom is -0.115 e. The van der Waals surface area contributed by atoms with Crippen LogP contribution in [0.3, 0.4) is 0 Å². The summed E-state index contributed by atoms with van der Waals surface area (Å²) in [6.45, 7) is 0. The maximum Gasteiger partial charge on any atom is 0.00130 e. The van der Waals surface area contributed by atoms with Gasteiger partial charge in [-0.25, -0.2) is 0 Å². The Labute approximate surface area is 98.4 Å². The highest BCUT2D eigenvalue weighted by molar-refractivity contribution is 5.35. The van der Waals surface area contributed by atoms with Crippen molar-refractivity contribution in [1.29, 1.82) is 0 Å². The molecule has 0 saturated heterocycles. The summed E-state index contributed by atoms with van der Waals surface area (Å²) in [7, 11) is 0. The zero-order valence-electron chi connectivity index (χ0n) is 9.71. The average Bonchev–Trinajstić information content (AvgIpc) is 2.55. The average molecular weight is 210 g/mol. The number of rotatable bonds is 2. The van der Waals surface area contributed by atoms with Crippen molar-refractivity contribution >= 4 is 0 Å². The summed E-state index contributed by atoms with van der Waals surface area (Å²) in [5.74, 6) is 2.89. The third-order valence-electron chi connectivity index (χ3n) is 3.27. The van der Waals surface area contributed by atoms with Gasteiger partial charge in [-0.3, -0.25) is 0 Å². The summed E-state index contributed by atoms with van der Waals surface area (Å²) in [6, 6.07) is 10.6. The lowest BCUT2D eigenvalue weighted by Gasteiger charge is -2.08. The number of hydrogen-bond acceptors (Lipinski definition) is 0. The molecule has 1 aliphatic carbocycles. The minimum absolute atomic E-state index is 1.04. The highest BCUT2D eigenvalue weighted by atomic mass is 14.1. The second-order valence-electron chi connectivity index (χ2n) is 4.45. The molecule has 0 N–H and O–H groups in total. The van der Waals surface area contributed by atoms with Gasteiger partial charge in [0.25, 0.3) is 0 Å². The fourth-order valence-electron chi connectivity index (χ4n) is 2.36. The van der Waals surface area contributed by atoms with Crippen LogP contribution in [0.1, 0.15) is 37.7 Å². The Morgan fingerprint density at radius 2 is 1.75 bits per heavy atom. The van der Waals surface area contributed by atoms with E-state index in [0.717, 1.165) is 12.8 Å². The Morgan fingerprint density at radius 1 is 1.00 bits per heavy atom. The molecule has 0 radical (unpaired) electrons. The summed E-state index contributed by atoms with van der Waals surface area (Å²) in [5.41, 5.74) is 4.14. The number of allylic oxidation sites excluding steroid dienone is 2. The molecule has 0 nitrogen and oxygen atoms in total. The molecule has 0 aliphatic heterocycles. The highest BCUT2D eigenvalue weighted by Crippen LogP contribution is 2.25. The number of terminal acetylenes is 1. The predicted octanol–water partition coefficient (Wildman–Crippen LogP) is 4.12. The lowest BCUT2D eigenvalue weighted by Crippen LogP contribution is -1.94. The van der Waals surface area contributed by atoms with Crippen LogP contribution in [0.2, 0.25) is 0 Å². The third kappa shape index (κ3) is 2.76. The van der Waals surface area contributed by atoms with E-state index in [9.17, 15) is 0 Å². The van der Waals surface area contributed by atoms with Crippen molar-refractivity contribution in [3.05, 3.63) is 47.0 Å². The molecule has 0 saturated carbocycles. The topological polar surface area (TPSA) is 0 Å². The van der Waals surface area contributed by atoms with E-state index in [4.69, 9.17) is 6.42 Å². The van der Waals surface area contributed by atoms with Crippen LogP contribution in [-0.4, -0.2) is 0 Å². The maximum atomic E-state index is 5.61. The van der Waals surface area contributed by atoms with Crippen molar-refractivity contribution in [3.8, 4) is 12.3 Å². The molecule has 0 heterocycles. The lowest BCUT2D eigenvalue weighted by molar-refractivity contribution is 0.705. The van der Waals surface area contributed by atoms with E-state index in [0.29, 0.717) is 0 Å². The second-order valence-corrected chi connectivity index (χ2v) is 4.45. The minimum atomic E-state index is 1.04. The van der Waals surface area contributed by atoms with Gasteiger partial charge in [-0.1, -0.05) is 48.2 Å². The first-order chi connectivity index (χ1) is 7.90. The van der Waals surface area contributed by atoms with Gasteiger partial charge in [0, 0.05) is 5.57 Å². The molecule has 0 amide bonds. The third-order valence-corrected chi connectivity index (χ3v) is 3.27. The first-order valence-electron chi connectivity index (χ1n) is 6.11. The molecule has 0 fully saturated rings. The van der Waals surface area contributed by atoms with Gasteiger partial charge in [0.1, 0.15) is 0 Å². The zero-order chi connectivity index (χ0) is 11.2. The van der Waals surface area contributed by atoms with Gasteiger partial charge in [-0.2, -0.15) is 0 Å². The molecule has 1 aromatic rings. The quantitative estimate of drug-likeness (QED) is 0.644. The molecule has 0 spiro atoms. The molecule has 0 atom stereocenters. The molecule has 2 rings (SSSR count). The molecule has 82 valence electrons. The van der Waals surface area contributed by atoms with Crippen molar-refractivity contribution in [1.82, 2.24) is 0 Å². The van der Waals surface area contributed by atoms with E-state index in [1.54, 1.807) is 0 Å². The Kier molecular flexibility index (Phi) is 3.83. The van der Waals surface area contributed by atoms with Gasteiger partial charge >= 0.3 is 0 Å². The van der Waals surface area contributed by atoms with Crippen LogP contribution in [0.5, 0.6) is 0 Å². The van der Waals surface area contributed by atoms with Crippen molar-refractivity contribution in [2.24, 2.45) is 0 Å². The van der Waals surface area contributed by atoms with Crippen LogP contribution in [0.25, 0.3) is 0 Å². The molecule has 0 heteroatoms. The van der Waals surface area contributed by atoms with E-state index in [2.05, 4.69) is 36.3 Å². The molecule has 1 aliphatic rings. The van der Waals surface area contributed by atoms with Crippen LogP contribution in [0.4, 0.5) is 0 Å². The van der Waals surface area contributed by atoms with Crippen molar-refractivity contribution < 1.29 is 0 Å². The van der Waals surface area contributed by atoms with E-state index in [1.165, 1.54) is 42.4 Å². The molecule has 16 heavy (non-hydrogen) atoms. The number of benzene rings is 1. The molecule has 0 unspecified atom stereocenters. The van der Waals surface area contributed by atoms with Crippen LogP contribution in [0, 0.1) is 12.3 Å². The van der Waals surface area contributed by atoms with Gasteiger partial charge in [-0.15, -0.1) is 6.42 Å². The van der Waals surface area contributed by atoms with Crippen molar-refractivity contribution in [2.45, 2.75) is 38.5 Å². The second kappa shape index (κ2) is 5.56. The molecule has 0 bridgehead atoms. The lowest BCUT2D eigenvalue weighted by atomic mass is 9.97. The van der Waals surface area contributed by atoms with Crippen LogP contribution >= 0.6 is 0 Å². The number of hydrogen-bond donors (Lipinski definition) is 0.